The zero-order valence-electron chi connectivity index (χ0n) is 12.1. The summed E-state index contributed by atoms with van der Waals surface area (Å²) in [6.45, 7) is 2.07. The van der Waals surface area contributed by atoms with Crippen LogP contribution in [0.1, 0.15) is 22.3 Å². The van der Waals surface area contributed by atoms with Crippen molar-refractivity contribution in [3.8, 4) is 0 Å². The SMILES string of the molecule is COCCNC(=O)CN1CCCc2cc(C(=O)O)ccc21. The predicted molar refractivity (Wildman–Crippen MR) is 78.8 cm³/mol. The van der Waals surface area contributed by atoms with Crippen LogP contribution in [0.3, 0.4) is 0 Å². The van der Waals surface area contributed by atoms with E-state index in [2.05, 4.69) is 5.32 Å². The van der Waals surface area contributed by atoms with Gasteiger partial charge in [-0.25, -0.2) is 4.79 Å². The number of carboxylic acids is 1. The minimum absolute atomic E-state index is 0.0535. The number of nitrogens with one attached hydrogen (secondary N) is 1. The first kappa shape index (κ1) is 15.3. The third kappa shape index (κ3) is 3.95. The predicted octanol–water partition coefficient (Wildman–Crippen LogP) is 0.900. The summed E-state index contributed by atoms with van der Waals surface area (Å²) in [6, 6.07) is 5.08. The van der Waals surface area contributed by atoms with Gasteiger partial charge >= 0.3 is 5.97 Å². The quantitative estimate of drug-likeness (QED) is 0.762. The summed E-state index contributed by atoms with van der Waals surface area (Å²) in [6.07, 6.45) is 1.76. The molecule has 1 aliphatic heterocycles. The number of rotatable bonds is 6. The lowest BCUT2D eigenvalue weighted by atomic mass is 9.99. The maximum absolute atomic E-state index is 11.9. The molecule has 1 amide bonds. The molecule has 0 saturated carbocycles. The maximum atomic E-state index is 11.9. The van der Waals surface area contributed by atoms with Crippen molar-refractivity contribution in [2.75, 3.05) is 38.3 Å². The number of methoxy groups -OCH3 is 1. The van der Waals surface area contributed by atoms with Crippen molar-refractivity contribution in [2.24, 2.45) is 0 Å². The van der Waals surface area contributed by atoms with E-state index in [1.54, 1.807) is 25.3 Å². The van der Waals surface area contributed by atoms with Crippen LogP contribution in [0, 0.1) is 0 Å². The summed E-state index contributed by atoms with van der Waals surface area (Å²) >= 11 is 0. The van der Waals surface area contributed by atoms with Gasteiger partial charge in [0.2, 0.25) is 5.91 Å². The number of hydrogen-bond acceptors (Lipinski definition) is 4. The molecule has 0 aliphatic carbocycles. The molecule has 1 aromatic rings. The molecule has 21 heavy (non-hydrogen) atoms. The monoisotopic (exact) mass is 292 g/mol. The lowest BCUT2D eigenvalue weighted by Gasteiger charge is -2.31. The molecule has 6 heteroatoms. The molecule has 0 bridgehead atoms. The van der Waals surface area contributed by atoms with Gasteiger partial charge in [-0.05, 0) is 36.6 Å². The molecule has 114 valence electrons. The summed E-state index contributed by atoms with van der Waals surface area (Å²) in [5.41, 5.74) is 2.24. The Labute approximate surface area is 123 Å². The smallest absolute Gasteiger partial charge is 0.335 e. The van der Waals surface area contributed by atoms with Crippen molar-refractivity contribution in [3.05, 3.63) is 29.3 Å². The first-order valence-corrected chi connectivity index (χ1v) is 6.98. The maximum Gasteiger partial charge on any atom is 0.335 e. The molecule has 0 saturated heterocycles. The van der Waals surface area contributed by atoms with Gasteiger partial charge in [0.25, 0.3) is 0 Å². The van der Waals surface area contributed by atoms with Crippen LogP contribution in [0.4, 0.5) is 5.69 Å². The second-order valence-electron chi connectivity index (χ2n) is 5.02. The van der Waals surface area contributed by atoms with E-state index in [-0.39, 0.29) is 12.5 Å². The molecule has 1 aromatic carbocycles. The molecule has 6 nitrogen and oxygen atoms in total. The van der Waals surface area contributed by atoms with E-state index in [1.807, 2.05) is 4.90 Å². The standard InChI is InChI=1S/C15H20N2O4/c1-21-8-6-16-14(18)10-17-7-2-3-11-9-12(15(19)20)4-5-13(11)17/h4-5,9H,2-3,6-8,10H2,1H3,(H,16,18)(H,19,20). The van der Waals surface area contributed by atoms with Gasteiger partial charge in [-0.15, -0.1) is 0 Å². The Morgan fingerprint density at radius 3 is 2.95 bits per heavy atom. The Morgan fingerprint density at radius 2 is 2.24 bits per heavy atom. The highest BCUT2D eigenvalue weighted by Gasteiger charge is 2.20. The number of carbonyl (C=O) groups is 2. The van der Waals surface area contributed by atoms with E-state index in [1.165, 1.54) is 0 Å². The van der Waals surface area contributed by atoms with Gasteiger partial charge in [-0.3, -0.25) is 4.79 Å². The zero-order chi connectivity index (χ0) is 15.2. The number of hydrogen-bond donors (Lipinski definition) is 2. The van der Waals surface area contributed by atoms with E-state index >= 15 is 0 Å². The first-order chi connectivity index (χ1) is 10.1. The van der Waals surface area contributed by atoms with Crippen molar-refractivity contribution in [2.45, 2.75) is 12.8 Å². The second kappa shape index (κ2) is 7.08. The fourth-order valence-electron chi connectivity index (χ4n) is 2.49. The Hall–Kier alpha value is -2.08. The van der Waals surface area contributed by atoms with Crippen LogP contribution in [-0.4, -0.2) is 50.3 Å². The molecule has 0 aromatic heterocycles. The molecule has 2 N–H and O–H groups in total. The highest BCUT2D eigenvalue weighted by Crippen LogP contribution is 2.27. The normalized spacial score (nSPS) is 13.7. The number of anilines is 1. The number of nitrogens with zero attached hydrogens (tertiary/aromatic N) is 1. The largest absolute Gasteiger partial charge is 0.478 e. The number of benzene rings is 1. The average molecular weight is 292 g/mol. The first-order valence-electron chi connectivity index (χ1n) is 6.98. The van der Waals surface area contributed by atoms with Gasteiger partial charge in [-0.1, -0.05) is 0 Å². The number of carboxylic acid groups (broad SMARTS) is 1. The van der Waals surface area contributed by atoms with Crippen molar-refractivity contribution in [1.29, 1.82) is 0 Å². The average Bonchev–Trinajstić information content (AvgIpc) is 2.47. The van der Waals surface area contributed by atoms with E-state index in [0.717, 1.165) is 30.6 Å². The summed E-state index contributed by atoms with van der Waals surface area (Å²) < 4.78 is 4.89. The highest BCUT2D eigenvalue weighted by molar-refractivity contribution is 5.89. The van der Waals surface area contributed by atoms with E-state index in [4.69, 9.17) is 9.84 Å². The number of carbonyl (C=O) groups excluding carboxylic acids is 1. The zero-order valence-corrected chi connectivity index (χ0v) is 12.1. The van der Waals surface area contributed by atoms with Gasteiger partial charge in [0.05, 0.1) is 18.7 Å². The lowest BCUT2D eigenvalue weighted by Crippen LogP contribution is -2.40. The van der Waals surface area contributed by atoms with Crippen LogP contribution in [-0.2, 0) is 16.0 Å². The lowest BCUT2D eigenvalue weighted by molar-refractivity contribution is -0.120. The van der Waals surface area contributed by atoms with Gasteiger partial charge < -0.3 is 20.1 Å². The van der Waals surface area contributed by atoms with Crippen LogP contribution in [0.5, 0.6) is 0 Å². The van der Waals surface area contributed by atoms with Crippen molar-refractivity contribution in [3.63, 3.8) is 0 Å². The number of ether oxygens (including phenoxy) is 1. The van der Waals surface area contributed by atoms with Crippen molar-refractivity contribution < 1.29 is 19.4 Å². The second-order valence-corrected chi connectivity index (χ2v) is 5.02. The molecule has 2 rings (SSSR count). The fraction of sp³-hybridized carbons (Fsp3) is 0.467. The third-order valence-corrected chi connectivity index (χ3v) is 3.50. The van der Waals surface area contributed by atoms with Crippen molar-refractivity contribution >= 4 is 17.6 Å². The molecule has 0 spiro atoms. The van der Waals surface area contributed by atoms with Crippen LogP contribution in [0.2, 0.25) is 0 Å². The molecule has 0 atom stereocenters. The van der Waals surface area contributed by atoms with Crippen molar-refractivity contribution in [1.82, 2.24) is 5.32 Å². The van der Waals surface area contributed by atoms with Crippen LogP contribution in [0.15, 0.2) is 18.2 Å². The van der Waals surface area contributed by atoms with E-state index < -0.39 is 5.97 Å². The Balaban J connectivity index is 2.04. The Morgan fingerprint density at radius 1 is 1.43 bits per heavy atom. The number of aryl methyl sites for hydroxylation is 1. The molecule has 1 aliphatic rings. The minimum Gasteiger partial charge on any atom is -0.478 e. The summed E-state index contributed by atoms with van der Waals surface area (Å²) in [5, 5.41) is 11.8. The van der Waals surface area contributed by atoms with Gasteiger partial charge in [-0.2, -0.15) is 0 Å². The number of fused-ring (bicyclic) bond motifs is 1. The molecular weight excluding hydrogens is 272 g/mol. The molecule has 0 fully saturated rings. The van der Waals surface area contributed by atoms with Gasteiger partial charge in [0.15, 0.2) is 0 Å². The van der Waals surface area contributed by atoms with Crippen LogP contribution < -0.4 is 10.2 Å². The van der Waals surface area contributed by atoms with E-state index in [0.29, 0.717) is 18.7 Å². The third-order valence-electron chi connectivity index (χ3n) is 3.50. The Bertz CT molecular complexity index is 530. The van der Waals surface area contributed by atoms with Crippen LogP contribution in [0.25, 0.3) is 0 Å². The topological polar surface area (TPSA) is 78.9 Å². The highest BCUT2D eigenvalue weighted by atomic mass is 16.5. The molecule has 0 unspecified atom stereocenters. The summed E-state index contributed by atoms with van der Waals surface area (Å²) in [4.78, 5) is 24.9. The van der Waals surface area contributed by atoms with Gasteiger partial charge in [0.1, 0.15) is 0 Å². The molecule has 1 heterocycles. The fourth-order valence-corrected chi connectivity index (χ4v) is 2.49. The summed E-state index contributed by atoms with van der Waals surface area (Å²) in [5.74, 6) is -0.977. The van der Waals surface area contributed by atoms with Crippen LogP contribution >= 0.6 is 0 Å². The molecular formula is C15H20N2O4. The number of amides is 1. The Kier molecular flexibility index (Phi) is 5.16. The summed E-state index contributed by atoms with van der Waals surface area (Å²) in [7, 11) is 1.59. The minimum atomic E-state index is -0.924. The van der Waals surface area contributed by atoms with Gasteiger partial charge in [0, 0.05) is 25.9 Å². The number of aromatic carboxylic acids is 1. The van der Waals surface area contributed by atoms with E-state index in [9.17, 15) is 9.59 Å². The molecule has 0 radical (unpaired) electrons.